The molecule has 4 heteroatoms. The molecule has 1 unspecified atom stereocenters. The van der Waals surface area contributed by atoms with Crippen molar-refractivity contribution in [3.8, 4) is 0 Å². The largest absolute Gasteiger partial charge is 0.478 e. The third kappa shape index (κ3) is 5.65. The van der Waals surface area contributed by atoms with Crippen molar-refractivity contribution in [3.05, 3.63) is 11.6 Å². The molecule has 0 radical (unpaired) electrons. The van der Waals surface area contributed by atoms with E-state index < -0.39 is 5.97 Å². The van der Waals surface area contributed by atoms with Crippen LogP contribution in [0.3, 0.4) is 0 Å². The highest BCUT2D eigenvalue weighted by molar-refractivity contribution is 5.86. The van der Waals surface area contributed by atoms with E-state index in [0.29, 0.717) is 24.6 Å². The number of carboxylic acid groups (broad SMARTS) is 1. The van der Waals surface area contributed by atoms with Gasteiger partial charge in [0.1, 0.15) is 0 Å². The molecule has 0 bridgehead atoms. The fourth-order valence-corrected chi connectivity index (χ4v) is 2.36. The molecule has 104 valence electrons. The Morgan fingerprint density at radius 2 is 2.06 bits per heavy atom. The summed E-state index contributed by atoms with van der Waals surface area (Å²) >= 11 is 0. The highest BCUT2D eigenvalue weighted by atomic mass is 16.4. The van der Waals surface area contributed by atoms with Crippen molar-refractivity contribution >= 4 is 5.97 Å². The fraction of sp³-hybridized carbons (Fsp3) is 0.786. The van der Waals surface area contributed by atoms with Crippen LogP contribution in [0.4, 0.5) is 0 Å². The molecule has 1 atom stereocenters. The molecule has 1 fully saturated rings. The lowest BCUT2D eigenvalue weighted by atomic mass is 10.1. The van der Waals surface area contributed by atoms with Gasteiger partial charge in [0, 0.05) is 24.7 Å². The van der Waals surface area contributed by atoms with E-state index >= 15 is 0 Å². The molecule has 0 aromatic carbocycles. The summed E-state index contributed by atoms with van der Waals surface area (Å²) in [4.78, 5) is 13.3. The number of hydrogen-bond donors (Lipinski definition) is 2. The normalized spacial score (nSPS) is 19.8. The van der Waals surface area contributed by atoms with Gasteiger partial charge in [-0.05, 0) is 39.3 Å². The lowest BCUT2D eigenvalue weighted by Gasteiger charge is -2.29. The molecule has 4 nitrogen and oxygen atoms in total. The number of rotatable bonds is 7. The summed E-state index contributed by atoms with van der Waals surface area (Å²) in [7, 11) is 0. The van der Waals surface area contributed by atoms with Gasteiger partial charge in [0.05, 0.1) is 0 Å². The first-order chi connectivity index (χ1) is 8.63. The van der Waals surface area contributed by atoms with E-state index in [9.17, 15) is 4.79 Å². The third-order valence-electron chi connectivity index (χ3n) is 3.45. The molecule has 1 heterocycles. The van der Waals surface area contributed by atoms with E-state index in [1.165, 1.54) is 32.4 Å². The molecule has 0 aromatic rings. The number of carboxylic acids is 1. The van der Waals surface area contributed by atoms with Gasteiger partial charge in [-0.25, -0.2) is 4.79 Å². The van der Waals surface area contributed by atoms with Crippen molar-refractivity contribution in [2.24, 2.45) is 0 Å². The second-order valence-electron chi connectivity index (χ2n) is 5.06. The number of likely N-dealkylation sites (tertiary alicyclic amines) is 1. The smallest absolute Gasteiger partial charge is 0.331 e. The molecule has 1 aliphatic heterocycles. The summed E-state index contributed by atoms with van der Waals surface area (Å²) in [5, 5.41) is 12.3. The average molecular weight is 254 g/mol. The number of nitrogens with zero attached hydrogens (tertiary/aromatic N) is 1. The first kappa shape index (κ1) is 15.2. The van der Waals surface area contributed by atoms with Crippen LogP contribution >= 0.6 is 0 Å². The molecule has 1 aliphatic rings. The van der Waals surface area contributed by atoms with Gasteiger partial charge in [0.2, 0.25) is 0 Å². The molecule has 18 heavy (non-hydrogen) atoms. The fourth-order valence-electron chi connectivity index (χ4n) is 2.36. The maximum atomic E-state index is 10.8. The van der Waals surface area contributed by atoms with Crippen molar-refractivity contribution in [2.75, 3.05) is 26.2 Å². The highest BCUT2D eigenvalue weighted by Crippen LogP contribution is 2.08. The van der Waals surface area contributed by atoms with Crippen molar-refractivity contribution in [1.29, 1.82) is 0 Å². The van der Waals surface area contributed by atoms with Gasteiger partial charge in [0.15, 0.2) is 0 Å². The quantitative estimate of drug-likeness (QED) is 0.681. The number of nitrogens with one attached hydrogen (secondary N) is 1. The standard InChI is InChI=1S/C14H26N2O2/c1-3-13(14(17)18)7-8-15-12(2)11-16-9-5-4-6-10-16/h7,12,15H,3-6,8-11H2,1-2H3,(H,17,18). The Hall–Kier alpha value is -0.870. The molecule has 1 saturated heterocycles. The molecular weight excluding hydrogens is 228 g/mol. The van der Waals surface area contributed by atoms with Crippen molar-refractivity contribution in [1.82, 2.24) is 10.2 Å². The second-order valence-corrected chi connectivity index (χ2v) is 5.06. The van der Waals surface area contributed by atoms with E-state index in [1.807, 2.05) is 6.92 Å². The van der Waals surface area contributed by atoms with Crippen LogP contribution < -0.4 is 5.32 Å². The minimum atomic E-state index is -0.803. The summed E-state index contributed by atoms with van der Waals surface area (Å²) in [5.41, 5.74) is 0.493. The Balaban J connectivity index is 2.23. The van der Waals surface area contributed by atoms with E-state index in [-0.39, 0.29) is 0 Å². The highest BCUT2D eigenvalue weighted by Gasteiger charge is 2.12. The number of aliphatic carboxylic acids is 1. The Bertz CT molecular complexity index is 284. The zero-order valence-electron chi connectivity index (χ0n) is 11.6. The minimum Gasteiger partial charge on any atom is -0.478 e. The summed E-state index contributed by atoms with van der Waals surface area (Å²) in [5.74, 6) is -0.803. The Labute approximate surface area is 110 Å². The molecule has 0 aromatic heterocycles. The predicted octanol–water partition coefficient (Wildman–Crippen LogP) is 1.87. The molecule has 1 rings (SSSR count). The minimum absolute atomic E-state index is 0.409. The summed E-state index contributed by atoms with van der Waals surface area (Å²) in [6.45, 7) is 8.15. The van der Waals surface area contributed by atoms with E-state index in [4.69, 9.17) is 5.11 Å². The van der Waals surface area contributed by atoms with E-state index in [1.54, 1.807) is 6.08 Å². The molecule has 0 amide bonds. The van der Waals surface area contributed by atoms with Crippen LogP contribution in [-0.2, 0) is 4.79 Å². The molecule has 0 saturated carbocycles. The Morgan fingerprint density at radius 3 is 2.61 bits per heavy atom. The lowest BCUT2D eigenvalue weighted by Crippen LogP contribution is -2.41. The van der Waals surface area contributed by atoms with Gasteiger partial charge in [-0.1, -0.05) is 19.4 Å². The SMILES string of the molecule is CCC(=CCNC(C)CN1CCCCC1)C(=O)O. The van der Waals surface area contributed by atoms with Crippen LogP contribution in [0.5, 0.6) is 0 Å². The van der Waals surface area contributed by atoms with Crippen LogP contribution in [0.15, 0.2) is 11.6 Å². The first-order valence-electron chi connectivity index (χ1n) is 7.01. The van der Waals surface area contributed by atoms with Gasteiger partial charge >= 0.3 is 5.97 Å². The predicted molar refractivity (Wildman–Crippen MR) is 73.8 cm³/mol. The molecule has 0 aliphatic carbocycles. The van der Waals surface area contributed by atoms with Crippen molar-refractivity contribution < 1.29 is 9.90 Å². The Morgan fingerprint density at radius 1 is 1.39 bits per heavy atom. The maximum absolute atomic E-state index is 10.8. The van der Waals surface area contributed by atoms with Gasteiger partial charge < -0.3 is 15.3 Å². The number of hydrogen-bond acceptors (Lipinski definition) is 3. The van der Waals surface area contributed by atoms with Crippen LogP contribution in [0.25, 0.3) is 0 Å². The Kier molecular flexibility index (Phi) is 6.98. The van der Waals surface area contributed by atoms with Gasteiger partial charge in [-0.15, -0.1) is 0 Å². The zero-order valence-corrected chi connectivity index (χ0v) is 11.6. The average Bonchev–Trinajstić information content (AvgIpc) is 2.35. The first-order valence-corrected chi connectivity index (χ1v) is 7.01. The van der Waals surface area contributed by atoms with E-state index in [0.717, 1.165) is 6.54 Å². The second kappa shape index (κ2) is 8.27. The number of carbonyl (C=O) groups is 1. The molecule has 0 spiro atoms. The molecular formula is C14H26N2O2. The molecule has 2 N–H and O–H groups in total. The zero-order chi connectivity index (χ0) is 13.4. The van der Waals surface area contributed by atoms with Gasteiger partial charge in [-0.3, -0.25) is 0 Å². The van der Waals surface area contributed by atoms with Crippen LogP contribution in [0.1, 0.15) is 39.5 Å². The van der Waals surface area contributed by atoms with Gasteiger partial charge in [0.25, 0.3) is 0 Å². The summed E-state index contributed by atoms with van der Waals surface area (Å²) < 4.78 is 0. The van der Waals surface area contributed by atoms with Gasteiger partial charge in [-0.2, -0.15) is 0 Å². The summed E-state index contributed by atoms with van der Waals surface area (Å²) in [6, 6.07) is 0.409. The number of piperidine rings is 1. The van der Waals surface area contributed by atoms with Crippen molar-refractivity contribution in [3.63, 3.8) is 0 Å². The van der Waals surface area contributed by atoms with E-state index in [2.05, 4.69) is 17.1 Å². The van der Waals surface area contributed by atoms with Crippen LogP contribution in [0, 0.1) is 0 Å². The lowest BCUT2D eigenvalue weighted by molar-refractivity contribution is -0.132. The maximum Gasteiger partial charge on any atom is 0.331 e. The van der Waals surface area contributed by atoms with Crippen LogP contribution in [-0.4, -0.2) is 48.2 Å². The van der Waals surface area contributed by atoms with Crippen molar-refractivity contribution in [2.45, 2.75) is 45.6 Å². The monoisotopic (exact) mass is 254 g/mol. The summed E-state index contributed by atoms with van der Waals surface area (Å²) in [6.07, 6.45) is 6.35. The topological polar surface area (TPSA) is 52.6 Å². The third-order valence-corrected chi connectivity index (χ3v) is 3.45. The van der Waals surface area contributed by atoms with Crippen LogP contribution in [0.2, 0.25) is 0 Å².